The predicted molar refractivity (Wildman–Crippen MR) is 76.5 cm³/mol. The first kappa shape index (κ1) is 12.8. The van der Waals surface area contributed by atoms with E-state index in [1.165, 1.54) is 11.8 Å². The Bertz CT molecular complexity index is 599. The van der Waals surface area contributed by atoms with E-state index in [4.69, 9.17) is 16.7 Å². The lowest BCUT2D eigenvalue weighted by Gasteiger charge is -2.06. The van der Waals surface area contributed by atoms with Crippen molar-refractivity contribution in [2.45, 2.75) is 4.90 Å². The molecular weight excluding hydrogens is 377 g/mol. The normalized spacial score (nSPS) is 10.8. The van der Waals surface area contributed by atoms with Crippen molar-refractivity contribution in [3.05, 3.63) is 20.9 Å². The maximum atomic E-state index is 10.6. The molecule has 1 aromatic heterocycles. The number of benzene rings is 1. The van der Waals surface area contributed by atoms with Crippen molar-refractivity contribution in [2.24, 2.45) is 0 Å². The van der Waals surface area contributed by atoms with E-state index >= 15 is 0 Å². The Balaban J connectivity index is 2.72. The summed E-state index contributed by atoms with van der Waals surface area (Å²) in [7, 11) is 0. The van der Waals surface area contributed by atoms with E-state index in [0.717, 1.165) is 19.4 Å². The van der Waals surface area contributed by atoms with Gasteiger partial charge < -0.3 is 14.8 Å². The topological polar surface area (TPSA) is 62.3 Å². The van der Waals surface area contributed by atoms with Crippen LogP contribution in [0, 0.1) is 3.57 Å². The number of aromatic amines is 1. The van der Waals surface area contributed by atoms with E-state index in [0.29, 0.717) is 5.02 Å². The summed E-state index contributed by atoms with van der Waals surface area (Å²) in [5, 5.41) is 9.74. The zero-order chi connectivity index (χ0) is 12.6. The van der Waals surface area contributed by atoms with Gasteiger partial charge in [-0.1, -0.05) is 11.6 Å². The number of rotatable bonds is 2. The van der Waals surface area contributed by atoms with Crippen LogP contribution in [0.25, 0.3) is 10.9 Å². The molecular formula is C10H7ClINO3S. The van der Waals surface area contributed by atoms with Crippen LogP contribution in [0.5, 0.6) is 5.75 Å². The molecule has 2 aromatic rings. The van der Waals surface area contributed by atoms with Crippen LogP contribution in [-0.2, 0) is 0 Å². The van der Waals surface area contributed by atoms with Crippen LogP contribution in [0.15, 0.2) is 17.2 Å². The number of hydrogen-bond donors (Lipinski definition) is 2. The number of H-pyrrole nitrogens is 1. The van der Waals surface area contributed by atoms with Crippen molar-refractivity contribution >= 4 is 63.0 Å². The second-order valence-electron chi connectivity index (χ2n) is 3.15. The third-order valence-electron chi connectivity index (χ3n) is 2.19. The van der Waals surface area contributed by atoms with Gasteiger partial charge in [-0.25, -0.2) is 4.79 Å². The van der Waals surface area contributed by atoms with E-state index in [-0.39, 0.29) is 5.75 Å². The van der Waals surface area contributed by atoms with Gasteiger partial charge in [0.05, 0.1) is 10.5 Å². The van der Waals surface area contributed by atoms with Crippen LogP contribution in [0.3, 0.4) is 0 Å². The number of halogens is 2. The molecule has 2 N–H and O–H groups in total. The summed E-state index contributed by atoms with van der Waals surface area (Å²) in [6, 6.07) is 1.60. The van der Waals surface area contributed by atoms with Crippen LogP contribution in [0.4, 0.5) is 4.79 Å². The quantitative estimate of drug-likeness (QED) is 0.353. The van der Waals surface area contributed by atoms with Crippen LogP contribution < -0.4 is 4.74 Å². The van der Waals surface area contributed by atoms with E-state index < -0.39 is 6.16 Å². The Kier molecular flexibility index (Phi) is 3.74. The predicted octanol–water partition coefficient (Wildman–Crippen LogP) is 4.20. The van der Waals surface area contributed by atoms with Crippen LogP contribution in [-0.4, -0.2) is 22.5 Å². The van der Waals surface area contributed by atoms with Gasteiger partial charge in [-0.05, 0) is 34.9 Å². The molecule has 0 atom stereocenters. The number of carboxylic acid groups (broad SMARTS) is 1. The van der Waals surface area contributed by atoms with Gasteiger partial charge in [0.2, 0.25) is 0 Å². The summed E-state index contributed by atoms with van der Waals surface area (Å²) in [6.45, 7) is 0. The Hall–Kier alpha value is -0.600. The monoisotopic (exact) mass is 383 g/mol. The standard InChI is InChI=1S/C10H7ClINO3S/c1-17-6-3-13-9-4(12)2-5(16-10(14)15)8(11)7(6)9/h2-3,13H,1H3,(H,14,15). The molecule has 90 valence electrons. The fourth-order valence-corrected chi connectivity index (χ4v) is 3.15. The minimum Gasteiger partial charge on any atom is -0.449 e. The fraction of sp³-hybridized carbons (Fsp3) is 0.100. The Morgan fingerprint density at radius 1 is 1.65 bits per heavy atom. The number of fused-ring (bicyclic) bond motifs is 1. The van der Waals surface area contributed by atoms with Crippen molar-refractivity contribution in [1.29, 1.82) is 0 Å². The average molecular weight is 384 g/mol. The lowest BCUT2D eigenvalue weighted by atomic mass is 10.2. The maximum Gasteiger partial charge on any atom is 0.511 e. The van der Waals surface area contributed by atoms with Gasteiger partial charge in [-0.3, -0.25) is 0 Å². The minimum absolute atomic E-state index is 0.158. The lowest BCUT2D eigenvalue weighted by Crippen LogP contribution is -2.03. The third-order valence-corrected chi connectivity index (χ3v) is 4.18. The second-order valence-corrected chi connectivity index (χ2v) is 5.53. The Morgan fingerprint density at radius 3 is 2.94 bits per heavy atom. The molecule has 0 saturated heterocycles. The van der Waals surface area contributed by atoms with Crippen molar-refractivity contribution < 1.29 is 14.6 Å². The molecule has 0 amide bonds. The fourth-order valence-electron chi connectivity index (χ4n) is 1.51. The summed E-state index contributed by atoms with van der Waals surface area (Å²) in [6.07, 6.45) is 2.40. The van der Waals surface area contributed by atoms with E-state index in [1.54, 1.807) is 6.07 Å². The van der Waals surface area contributed by atoms with Crippen molar-refractivity contribution in [3.63, 3.8) is 0 Å². The largest absolute Gasteiger partial charge is 0.511 e. The van der Waals surface area contributed by atoms with Crippen molar-refractivity contribution in [3.8, 4) is 5.75 Å². The lowest BCUT2D eigenvalue weighted by molar-refractivity contribution is 0.144. The van der Waals surface area contributed by atoms with Crippen LogP contribution >= 0.6 is 46.0 Å². The van der Waals surface area contributed by atoms with E-state index in [1.807, 2.05) is 12.5 Å². The molecule has 0 fully saturated rings. The highest BCUT2D eigenvalue weighted by Gasteiger charge is 2.17. The molecule has 4 nitrogen and oxygen atoms in total. The van der Waals surface area contributed by atoms with Gasteiger partial charge in [0, 0.05) is 20.0 Å². The Labute approximate surface area is 120 Å². The molecule has 0 bridgehead atoms. The SMILES string of the molecule is CSc1c[nH]c2c(I)cc(OC(=O)O)c(Cl)c12. The summed E-state index contributed by atoms with van der Waals surface area (Å²) in [5.41, 5.74) is 0.887. The molecule has 0 unspecified atom stereocenters. The molecule has 17 heavy (non-hydrogen) atoms. The molecule has 1 heterocycles. The number of thioether (sulfide) groups is 1. The molecule has 2 rings (SSSR count). The smallest absolute Gasteiger partial charge is 0.449 e. The molecule has 0 aliphatic carbocycles. The van der Waals surface area contributed by atoms with Crippen LogP contribution in [0.1, 0.15) is 0 Å². The first-order valence-corrected chi connectivity index (χ1v) is 7.16. The summed E-state index contributed by atoms with van der Waals surface area (Å²) in [5.74, 6) is 0.158. The molecule has 7 heteroatoms. The minimum atomic E-state index is -1.37. The van der Waals surface area contributed by atoms with Crippen molar-refractivity contribution in [1.82, 2.24) is 4.98 Å². The summed E-state index contributed by atoms with van der Waals surface area (Å²) in [4.78, 5) is 14.6. The van der Waals surface area contributed by atoms with Gasteiger partial charge in [0.25, 0.3) is 0 Å². The first-order chi connectivity index (χ1) is 8.04. The molecule has 0 saturated carbocycles. The highest BCUT2D eigenvalue weighted by molar-refractivity contribution is 14.1. The van der Waals surface area contributed by atoms with Gasteiger partial charge in [-0.2, -0.15) is 0 Å². The van der Waals surface area contributed by atoms with Gasteiger partial charge >= 0.3 is 6.16 Å². The van der Waals surface area contributed by atoms with E-state index in [9.17, 15) is 4.79 Å². The van der Waals surface area contributed by atoms with Crippen molar-refractivity contribution in [2.75, 3.05) is 6.26 Å². The number of ether oxygens (including phenoxy) is 1. The number of carbonyl (C=O) groups is 1. The zero-order valence-electron chi connectivity index (χ0n) is 8.58. The highest BCUT2D eigenvalue weighted by Crippen LogP contribution is 2.40. The zero-order valence-corrected chi connectivity index (χ0v) is 12.3. The number of nitrogens with one attached hydrogen (secondary N) is 1. The molecule has 0 spiro atoms. The van der Waals surface area contributed by atoms with E-state index in [2.05, 4.69) is 32.3 Å². The molecule has 1 aromatic carbocycles. The summed E-state index contributed by atoms with van der Waals surface area (Å²) < 4.78 is 5.52. The Morgan fingerprint density at radius 2 is 2.35 bits per heavy atom. The first-order valence-electron chi connectivity index (χ1n) is 4.48. The third kappa shape index (κ3) is 2.34. The highest BCUT2D eigenvalue weighted by atomic mass is 127. The molecule has 0 aliphatic heterocycles. The second kappa shape index (κ2) is 4.95. The van der Waals surface area contributed by atoms with Gasteiger partial charge in [-0.15, -0.1) is 11.8 Å². The van der Waals surface area contributed by atoms with Crippen LogP contribution in [0.2, 0.25) is 5.02 Å². The van der Waals surface area contributed by atoms with Gasteiger partial charge in [0.15, 0.2) is 5.75 Å². The summed E-state index contributed by atoms with van der Waals surface area (Å²) >= 11 is 9.80. The average Bonchev–Trinajstić information content (AvgIpc) is 2.69. The molecule has 0 aliphatic rings. The maximum absolute atomic E-state index is 10.6. The van der Waals surface area contributed by atoms with Gasteiger partial charge in [0.1, 0.15) is 0 Å². The number of aromatic nitrogens is 1. The molecule has 0 radical (unpaired) electrons. The number of hydrogen-bond acceptors (Lipinski definition) is 3.